The SMILES string of the molecule is Cc1cc(OC2=C(S(C)(=O)=O)C(C)(C)OC2(C=O)c2ccccc2)ncc1[N+](=O)[O-]. The third-order valence-electron chi connectivity index (χ3n) is 4.71. The molecule has 0 spiro atoms. The van der Waals surface area contributed by atoms with Crippen molar-refractivity contribution in [3.05, 3.63) is 74.5 Å². The number of nitro groups is 1. The van der Waals surface area contributed by atoms with E-state index in [2.05, 4.69) is 4.98 Å². The highest BCUT2D eigenvalue weighted by atomic mass is 32.2. The minimum atomic E-state index is -3.87. The van der Waals surface area contributed by atoms with Crippen LogP contribution in [0, 0.1) is 17.0 Å². The van der Waals surface area contributed by atoms with Gasteiger partial charge in [-0.3, -0.25) is 14.9 Å². The second-order valence-electron chi connectivity index (χ2n) is 7.43. The van der Waals surface area contributed by atoms with Gasteiger partial charge in [0.1, 0.15) is 16.7 Å². The van der Waals surface area contributed by atoms with Gasteiger partial charge in [0, 0.05) is 17.9 Å². The zero-order valence-corrected chi connectivity index (χ0v) is 17.6. The fourth-order valence-electron chi connectivity index (χ4n) is 3.57. The van der Waals surface area contributed by atoms with Gasteiger partial charge in [0.2, 0.25) is 11.5 Å². The first kappa shape index (κ1) is 21.6. The van der Waals surface area contributed by atoms with Crippen LogP contribution in [0.25, 0.3) is 0 Å². The average Bonchev–Trinajstić information content (AvgIpc) is 2.89. The first-order chi connectivity index (χ1) is 13.9. The first-order valence-corrected chi connectivity index (χ1v) is 10.8. The molecular formula is C20H20N2O7S. The Labute approximate surface area is 173 Å². The lowest BCUT2D eigenvalue weighted by atomic mass is 9.93. The molecule has 1 aromatic heterocycles. The molecule has 3 rings (SSSR count). The highest BCUT2D eigenvalue weighted by molar-refractivity contribution is 7.94. The maximum absolute atomic E-state index is 12.7. The molecule has 9 nitrogen and oxygen atoms in total. The Balaban J connectivity index is 2.27. The molecule has 0 aliphatic carbocycles. The van der Waals surface area contributed by atoms with E-state index in [1.54, 1.807) is 30.3 Å². The maximum atomic E-state index is 12.7. The molecule has 0 saturated carbocycles. The van der Waals surface area contributed by atoms with Gasteiger partial charge in [0.05, 0.1) is 4.92 Å². The summed E-state index contributed by atoms with van der Waals surface area (Å²) >= 11 is 0. The Morgan fingerprint density at radius 3 is 2.37 bits per heavy atom. The molecule has 0 radical (unpaired) electrons. The van der Waals surface area contributed by atoms with Gasteiger partial charge in [0.15, 0.2) is 21.9 Å². The molecule has 0 amide bonds. The van der Waals surface area contributed by atoms with Crippen molar-refractivity contribution in [1.29, 1.82) is 0 Å². The van der Waals surface area contributed by atoms with Crippen molar-refractivity contribution >= 4 is 21.8 Å². The number of aldehydes is 1. The molecule has 0 bridgehead atoms. The van der Waals surface area contributed by atoms with E-state index in [-0.39, 0.29) is 27.8 Å². The number of carbonyl (C=O) groups is 1. The maximum Gasteiger partial charge on any atom is 0.290 e. The van der Waals surface area contributed by atoms with Gasteiger partial charge >= 0.3 is 0 Å². The van der Waals surface area contributed by atoms with E-state index in [1.165, 1.54) is 26.8 Å². The minimum Gasteiger partial charge on any atom is -0.438 e. The van der Waals surface area contributed by atoms with Crippen LogP contribution in [0.3, 0.4) is 0 Å². The topological polar surface area (TPSA) is 126 Å². The second-order valence-corrected chi connectivity index (χ2v) is 9.38. The van der Waals surface area contributed by atoms with E-state index in [9.17, 15) is 23.3 Å². The zero-order valence-electron chi connectivity index (χ0n) is 16.8. The summed E-state index contributed by atoms with van der Waals surface area (Å²) in [4.78, 5) is 26.5. The normalized spacial score (nSPS) is 20.8. The van der Waals surface area contributed by atoms with E-state index in [4.69, 9.17) is 9.47 Å². The molecule has 158 valence electrons. The summed E-state index contributed by atoms with van der Waals surface area (Å²) in [6.07, 6.45) is 2.49. The van der Waals surface area contributed by atoms with E-state index >= 15 is 0 Å². The molecule has 0 fully saturated rings. The van der Waals surface area contributed by atoms with Crippen molar-refractivity contribution in [2.45, 2.75) is 32.0 Å². The number of carbonyl (C=O) groups excluding carboxylic acids is 1. The summed E-state index contributed by atoms with van der Waals surface area (Å²) in [6, 6.07) is 9.64. The van der Waals surface area contributed by atoms with Crippen molar-refractivity contribution in [2.24, 2.45) is 0 Å². The molecule has 1 unspecified atom stereocenters. The van der Waals surface area contributed by atoms with Crippen LogP contribution in [-0.4, -0.2) is 36.5 Å². The highest BCUT2D eigenvalue weighted by Gasteiger charge is 2.57. The number of rotatable bonds is 6. The smallest absolute Gasteiger partial charge is 0.290 e. The van der Waals surface area contributed by atoms with Gasteiger partial charge in [-0.2, -0.15) is 0 Å². The second kappa shape index (κ2) is 7.29. The molecule has 1 atom stereocenters. The predicted molar refractivity (Wildman–Crippen MR) is 107 cm³/mol. The lowest BCUT2D eigenvalue weighted by Gasteiger charge is -2.29. The standard InChI is InChI=1S/C20H20N2O7S/c1-13-10-16(21-11-15(13)22(24)25)28-17-18(30(4,26)27)19(2,3)29-20(17,12-23)14-8-6-5-7-9-14/h5-12H,1-4H3. The molecule has 0 N–H and O–H groups in total. The van der Waals surface area contributed by atoms with Crippen LogP contribution in [-0.2, 0) is 25.0 Å². The number of ether oxygens (including phenoxy) is 2. The third-order valence-corrected chi connectivity index (χ3v) is 6.13. The number of nitrogens with zero attached hydrogens (tertiary/aromatic N) is 2. The molecule has 0 saturated heterocycles. The molecule has 2 heterocycles. The summed E-state index contributed by atoms with van der Waals surface area (Å²) in [5.41, 5.74) is -2.79. The molecule has 2 aromatic rings. The van der Waals surface area contributed by atoms with E-state index in [0.717, 1.165) is 12.5 Å². The van der Waals surface area contributed by atoms with Crippen molar-refractivity contribution in [1.82, 2.24) is 4.98 Å². The van der Waals surface area contributed by atoms with Crippen molar-refractivity contribution in [3.63, 3.8) is 0 Å². The van der Waals surface area contributed by atoms with E-state index < -0.39 is 26.0 Å². The van der Waals surface area contributed by atoms with Crippen LogP contribution >= 0.6 is 0 Å². The van der Waals surface area contributed by atoms with Crippen molar-refractivity contribution < 1.29 is 27.6 Å². The van der Waals surface area contributed by atoms with Gasteiger partial charge in [-0.1, -0.05) is 30.3 Å². The van der Waals surface area contributed by atoms with Crippen LogP contribution in [0.5, 0.6) is 5.88 Å². The summed E-state index contributed by atoms with van der Waals surface area (Å²) in [6.45, 7) is 4.54. The Morgan fingerprint density at radius 2 is 1.87 bits per heavy atom. The van der Waals surface area contributed by atoms with Gasteiger partial charge in [0.25, 0.3) is 5.69 Å². The number of benzene rings is 1. The van der Waals surface area contributed by atoms with Crippen LogP contribution in [0.1, 0.15) is 25.0 Å². The van der Waals surface area contributed by atoms with Crippen LogP contribution in [0.4, 0.5) is 5.69 Å². The zero-order chi connectivity index (χ0) is 22.3. The summed E-state index contributed by atoms with van der Waals surface area (Å²) in [7, 11) is -3.87. The number of sulfone groups is 1. The fourth-order valence-corrected chi connectivity index (χ4v) is 5.03. The Kier molecular flexibility index (Phi) is 5.25. The number of hydrogen-bond donors (Lipinski definition) is 0. The summed E-state index contributed by atoms with van der Waals surface area (Å²) < 4.78 is 37.1. The number of aryl methyl sites for hydroxylation is 1. The number of hydrogen-bond acceptors (Lipinski definition) is 8. The summed E-state index contributed by atoms with van der Waals surface area (Å²) in [5.74, 6) is -0.338. The summed E-state index contributed by atoms with van der Waals surface area (Å²) in [5, 5.41) is 11.1. The molecular weight excluding hydrogens is 412 g/mol. The molecule has 1 aliphatic rings. The molecule has 30 heavy (non-hydrogen) atoms. The van der Waals surface area contributed by atoms with Gasteiger partial charge in [-0.05, 0) is 26.3 Å². The van der Waals surface area contributed by atoms with Crippen molar-refractivity contribution in [3.8, 4) is 5.88 Å². The lowest BCUT2D eigenvalue weighted by Crippen LogP contribution is -2.36. The quantitative estimate of drug-likeness (QED) is 0.387. The van der Waals surface area contributed by atoms with E-state index in [1.807, 2.05) is 0 Å². The molecule has 10 heteroatoms. The Bertz CT molecular complexity index is 1160. The fraction of sp³-hybridized carbons (Fsp3) is 0.300. The van der Waals surface area contributed by atoms with E-state index in [0.29, 0.717) is 11.8 Å². The van der Waals surface area contributed by atoms with Crippen LogP contribution in [0.2, 0.25) is 0 Å². The molecule has 1 aliphatic heterocycles. The number of aromatic nitrogens is 1. The molecule has 1 aromatic carbocycles. The predicted octanol–water partition coefficient (Wildman–Crippen LogP) is 2.84. The van der Waals surface area contributed by atoms with Crippen LogP contribution in [0.15, 0.2) is 53.3 Å². The largest absolute Gasteiger partial charge is 0.438 e. The lowest BCUT2D eigenvalue weighted by molar-refractivity contribution is -0.385. The Morgan fingerprint density at radius 1 is 1.23 bits per heavy atom. The van der Waals surface area contributed by atoms with Gasteiger partial charge < -0.3 is 9.47 Å². The van der Waals surface area contributed by atoms with Gasteiger partial charge in [-0.15, -0.1) is 0 Å². The Hall–Kier alpha value is -3.11. The highest BCUT2D eigenvalue weighted by Crippen LogP contribution is 2.49. The minimum absolute atomic E-state index is 0.0993. The van der Waals surface area contributed by atoms with Gasteiger partial charge in [-0.25, -0.2) is 13.4 Å². The average molecular weight is 432 g/mol. The van der Waals surface area contributed by atoms with Crippen molar-refractivity contribution in [2.75, 3.05) is 6.26 Å². The third kappa shape index (κ3) is 3.59. The monoisotopic (exact) mass is 432 g/mol. The van der Waals surface area contributed by atoms with Crippen LogP contribution < -0.4 is 4.74 Å². The first-order valence-electron chi connectivity index (χ1n) is 8.88. The number of pyridine rings is 1.